The molecule has 4 rings (SSSR count). The fraction of sp³-hybridized carbons (Fsp3) is 0.250. The van der Waals surface area contributed by atoms with E-state index in [2.05, 4.69) is 56.9 Å². The van der Waals surface area contributed by atoms with Crippen molar-refractivity contribution in [3.63, 3.8) is 0 Å². The van der Waals surface area contributed by atoms with Crippen molar-refractivity contribution in [2.45, 2.75) is 26.3 Å². The van der Waals surface area contributed by atoms with Crippen LogP contribution >= 0.6 is 27.5 Å². The standard InChI is InChI=1S/C24H22BrClF2N10O4/c1-12-8-13(25)9-15(20(39)33-36(3)23(41)42-4)18(12)30-21(40)17-10-14(11-37-34-22(31-35-37)24(2,27)28)32-38(17)19-16(26)6-5-7-29-19/h5-10H,11H2,1-4H3,(H,30,40)(H,33,39). The van der Waals surface area contributed by atoms with Crippen LogP contribution in [0, 0.1) is 6.92 Å². The first kappa shape index (κ1) is 30.4. The number of pyridine rings is 1. The second kappa shape index (κ2) is 12.2. The minimum absolute atomic E-state index is 0.0213. The van der Waals surface area contributed by atoms with E-state index in [1.165, 1.54) is 25.4 Å². The molecule has 42 heavy (non-hydrogen) atoms. The van der Waals surface area contributed by atoms with Gasteiger partial charge in [0, 0.05) is 24.6 Å². The Labute approximate surface area is 250 Å². The number of aryl methyl sites for hydroxylation is 1. The van der Waals surface area contributed by atoms with E-state index in [9.17, 15) is 23.2 Å². The number of ether oxygens (including phenoxy) is 1. The molecule has 18 heteroatoms. The smallest absolute Gasteiger partial charge is 0.428 e. The molecule has 0 aliphatic heterocycles. The summed E-state index contributed by atoms with van der Waals surface area (Å²) < 4.78 is 33.5. The third-order valence-electron chi connectivity index (χ3n) is 5.58. The SMILES string of the molecule is COC(=O)N(C)NC(=O)c1cc(Br)cc(C)c1NC(=O)c1cc(Cn2nnc(C(C)(F)F)n2)nn1-c1ncccc1Cl. The molecule has 0 saturated carbocycles. The summed E-state index contributed by atoms with van der Waals surface area (Å²) in [5, 5.41) is 18.8. The van der Waals surface area contributed by atoms with E-state index in [0.29, 0.717) is 17.0 Å². The maximum Gasteiger partial charge on any atom is 0.428 e. The Hall–Kier alpha value is -4.51. The summed E-state index contributed by atoms with van der Waals surface area (Å²) in [4.78, 5) is 43.7. The summed E-state index contributed by atoms with van der Waals surface area (Å²) in [5.41, 5.74) is 3.16. The number of anilines is 1. The monoisotopic (exact) mass is 666 g/mol. The van der Waals surface area contributed by atoms with Crippen LogP contribution in [0.1, 0.15) is 44.9 Å². The van der Waals surface area contributed by atoms with Gasteiger partial charge in [-0.05, 0) is 48.0 Å². The molecule has 0 aliphatic carbocycles. The van der Waals surface area contributed by atoms with Gasteiger partial charge in [-0.25, -0.2) is 19.5 Å². The van der Waals surface area contributed by atoms with Gasteiger partial charge >= 0.3 is 12.0 Å². The van der Waals surface area contributed by atoms with Crippen molar-refractivity contribution >= 4 is 51.1 Å². The number of hydrazine groups is 1. The number of carbonyl (C=O) groups is 3. The summed E-state index contributed by atoms with van der Waals surface area (Å²) >= 11 is 9.67. The van der Waals surface area contributed by atoms with E-state index >= 15 is 0 Å². The summed E-state index contributed by atoms with van der Waals surface area (Å²) in [6, 6.07) is 7.63. The lowest BCUT2D eigenvalue weighted by Crippen LogP contribution is -2.43. The Bertz CT molecular complexity index is 1670. The van der Waals surface area contributed by atoms with Crippen molar-refractivity contribution in [1.29, 1.82) is 0 Å². The van der Waals surface area contributed by atoms with Gasteiger partial charge in [-0.1, -0.05) is 27.5 Å². The van der Waals surface area contributed by atoms with Gasteiger partial charge in [0.05, 0.1) is 29.1 Å². The van der Waals surface area contributed by atoms with E-state index in [1.807, 2.05) is 0 Å². The van der Waals surface area contributed by atoms with Crippen LogP contribution in [-0.2, 0) is 17.2 Å². The third kappa shape index (κ3) is 6.68. The van der Waals surface area contributed by atoms with E-state index in [4.69, 9.17) is 11.6 Å². The summed E-state index contributed by atoms with van der Waals surface area (Å²) in [7, 11) is 2.44. The number of hydrogen-bond donors (Lipinski definition) is 2. The highest BCUT2D eigenvalue weighted by Crippen LogP contribution is 2.28. The topological polar surface area (TPSA) is 162 Å². The fourth-order valence-electron chi connectivity index (χ4n) is 3.66. The number of aromatic nitrogens is 7. The predicted octanol–water partition coefficient (Wildman–Crippen LogP) is 3.73. The zero-order valence-electron chi connectivity index (χ0n) is 22.4. The number of nitrogens with one attached hydrogen (secondary N) is 2. The average Bonchev–Trinajstić information content (AvgIpc) is 3.57. The van der Waals surface area contributed by atoms with Gasteiger partial charge in [0.15, 0.2) is 5.82 Å². The van der Waals surface area contributed by atoms with Crippen molar-refractivity contribution in [2.75, 3.05) is 19.5 Å². The normalized spacial score (nSPS) is 11.2. The van der Waals surface area contributed by atoms with Crippen LogP contribution in [-0.4, -0.2) is 72.0 Å². The highest BCUT2D eigenvalue weighted by molar-refractivity contribution is 9.10. The number of alkyl halides is 2. The lowest BCUT2D eigenvalue weighted by Gasteiger charge is -2.19. The van der Waals surface area contributed by atoms with Gasteiger partial charge in [0.1, 0.15) is 12.2 Å². The molecule has 2 N–H and O–H groups in total. The third-order valence-corrected chi connectivity index (χ3v) is 6.34. The molecule has 0 unspecified atom stereocenters. The molecule has 220 valence electrons. The zero-order chi connectivity index (χ0) is 30.8. The molecule has 0 atom stereocenters. The van der Waals surface area contributed by atoms with Gasteiger partial charge in [0.2, 0.25) is 5.82 Å². The first-order valence-electron chi connectivity index (χ1n) is 11.9. The molecule has 0 bridgehead atoms. The number of nitrogens with zero attached hydrogens (tertiary/aromatic N) is 8. The van der Waals surface area contributed by atoms with Crippen LogP contribution in [0.5, 0.6) is 0 Å². The second-order valence-electron chi connectivity index (χ2n) is 8.84. The van der Waals surface area contributed by atoms with Crippen molar-refractivity contribution in [3.8, 4) is 5.82 Å². The molecule has 3 aromatic heterocycles. The van der Waals surface area contributed by atoms with Crippen molar-refractivity contribution in [3.05, 3.63) is 74.4 Å². The van der Waals surface area contributed by atoms with Crippen molar-refractivity contribution in [2.24, 2.45) is 0 Å². The van der Waals surface area contributed by atoms with Crippen LogP contribution in [0.25, 0.3) is 5.82 Å². The summed E-state index contributed by atoms with van der Waals surface area (Å²) in [5.74, 6) is -5.41. The largest absolute Gasteiger partial charge is 0.452 e. The number of methoxy groups -OCH3 is 1. The highest BCUT2D eigenvalue weighted by atomic mass is 79.9. The van der Waals surface area contributed by atoms with Gasteiger partial charge in [-0.3, -0.25) is 15.0 Å². The van der Waals surface area contributed by atoms with Crippen LogP contribution in [0.15, 0.2) is 41.0 Å². The molecular weight excluding hydrogens is 646 g/mol. The maximum absolute atomic E-state index is 13.7. The molecule has 3 amide bonds. The molecule has 14 nitrogen and oxygen atoms in total. The molecule has 0 spiro atoms. The Balaban J connectivity index is 1.72. The van der Waals surface area contributed by atoms with Gasteiger partial charge < -0.3 is 10.1 Å². The average molecular weight is 668 g/mol. The van der Waals surface area contributed by atoms with E-state index in [1.54, 1.807) is 25.1 Å². The number of halogens is 4. The fourth-order valence-corrected chi connectivity index (χ4v) is 4.43. The van der Waals surface area contributed by atoms with E-state index < -0.39 is 29.7 Å². The number of tetrazole rings is 1. The first-order valence-corrected chi connectivity index (χ1v) is 13.1. The minimum Gasteiger partial charge on any atom is -0.452 e. The van der Waals surface area contributed by atoms with Crippen LogP contribution < -0.4 is 10.7 Å². The number of rotatable bonds is 7. The molecule has 0 saturated heterocycles. The number of amides is 3. The lowest BCUT2D eigenvalue weighted by atomic mass is 10.1. The highest BCUT2D eigenvalue weighted by Gasteiger charge is 2.31. The summed E-state index contributed by atoms with van der Waals surface area (Å²) in [6.07, 6.45) is 0.624. The molecule has 0 aliphatic rings. The molecule has 4 aromatic rings. The summed E-state index contributed by atoms with van der Waals surface area (Å²) in [6.45, 7) is 2.09. The van der Waals surface area contributed by atoms with E-state index in [0.717, 1.165) is 21.6 Å². The number of benzene rings is 1. The minimum atomic E-state index is -3.30. The van der Waals surface area contributed by atoms with Gasteiger partial charge in [-0.2, -0.15) is 18.7 Å². The predicted molar refractivity (Wildman–Crippen MR) is 147 cm³/mol. The Morgan fingerprint density at radius 3 is 2.57 bits per heavy atom. The quantitative estimate of drug-likeness (QED) is 0.280. The second-order valence-corrected chi connectivity index (χ2v) is 10.2. The molecular formula is C24H22BrClF2N10O4. The molecule has 3 heterocycles. The van der Waals surface area contributed by atoms with Gasteiger partial charge in [-0.15, -0.1) is 10.2 Å². The number of carbonyl (C=O) groups excluding carboxylic acids is 3. The van der Waals surface area contributed by atoms with E-state index in [-0.39, 0.29) is 40.0 Å². The van der Waals surface area contributed by atoms with Crippen LogP contribution in [0.3, 0.4) is 0 Å². The van der Waals surface area contributed by atoms with Crippen molar-refractivity contribution in [1.82, 2.24) is 45.4 Å². The lowest BCUT2D eigenvalue weighted by molar-refractivity contribution is 0.00737. The Kier molecular flexibility index (Phi) is 8.81. The molecule has 0 fully saturated rings. The van der Waals surface area contributed by atoms with Crippen molar-refractivity contribution < 1.29 is 27.9 Å². The Morgan fingerprint density at radius 2 is 1.93 bits per heavy atom. The molecule has 1 aromatic carbocycles. The Morgan fingerprint density at radius 1 is 1.19 bits per heavy atom. The van der Waals surface area contributed by atoms with Gasteiger partial charge in [0.25, 0.3) is 11.8 Å². The zero-order valence-corrected chi connectivity index (χ0v) is 24.7. The molecule has 0 radical (unpaired) electrons. The van der Waals surface area contributed by atoms with Crippen LogP contribution in [0.2, 0.25) is 5.02 Å². The number of hydrogen-bond acceptors (Lipinski definition) is 9. The maximum atomic E-state index is 13.7. The first-order chi connectivity index (χ1) is 19.8. The van der Waals surface area contributed by atoms with Crippen LogP contribution in [0.4, 0.5) is 19.3 Å².